The smallest absolute Gasteiger partial charge is 0.130 e. The highest BCUT2D eigenvalue weighted by Crippen LogP contribution is 2.36. The van der Waals surface area contributed by atoms with E-state index in [4.69, 9.17) is 0 Å². The van der Waals surface area contributed by atoms with Crippen LogP contribution in [-0.2, 0) is 10.2 Å². The van der Waals surface area contributed by atoms with Crippen molar-refractivity contribution >= 4 is 17.1 Å². The third kappa shape index (κ3) is 3.33. The molecule has 0 aromatic heterocycles. The van der Waals surface area contributed by atoms with Gasteiger partial charge in [-0.15, -0.1) is 0 Å². The van der Waals surface area contributed by atoms with Crippen molar-refractivity contribution < 1.29 is 4.79 Å². The van der Waals surface area contributed by atoms with E-state index < -0.39 is 0 Å². The molecule has 0 radical (unpaired) electrons. The van der Waals surface area contributed by atoms with Gasteiger partial charge in [-0.1, -0.05) is 55.8 Å². The molecule has 112 valence electrons. The molecule has 21 heavy (non-hydrogen) atoms. The third-order valence-corrected chi connectivity index (χ3v) is 4.25. The first kappa shape index (κ1) is 15.7. The van der Waals surface area contributed by atoms with Gasteiger partial charge in [-0.05, 0) is 49.8 Å². The van der Waals surface area contributed by atoms with Crippen LogP contribution in [0, 0.1) is 0 Å². The number of carbonyl (C=O) groups excluding carboxylic acids is 1. The minimum absolute atomic E-state index is 0.375. The number of hydrogen-bond acceptors (Lipinski definition) is 2. The molecule has 0 spiro atoms. The van der Waals surface area contributed by atoms with Crippen LogP contribution in [0.4, 0.5) is 0 Å². The summed E-state index contributed by atoms with van der Waals surface area (Å²) >= 11 is 0. The van der Waals surface area contributed by atoms with Crippen LogP contribution in [-0.4, -0.2) is 31.8 Å². The zero-order chi connectivity index (χ0) is 15.3. The number of fused-ring (bicyclic) bond motifs is 1. The zero-order valence-corrected chi connectivity index (χ0v) is 13.3. The van der Waals surface area contributed by atoms with Crippen LogP contribution in [0.3, 0.4) is 0 Å². The predicted octanol–water partition coefficient (Wildman–Crippen LogP) is 4.03. The number of rotatable bonds is 7. The second-order valence-electron chi connectivity index (χ2n) is 6.10. The summed E-state index contributed by atoms with van der Waals surface area (Å²) < 4.78 is 0. The van der Waals surface area contributed by atoms with Crippen LogP contribution in [0.2, 0.25) is 0 Å². The minimum atomic E-state index is -0.375. The predicted molar refractivity (Wildman–Crippen MR) is 89.8 cm³/mol. The molecule has 1 atom stereocenters. The maximum atomic E-state index is 12.1. The molecule has 0 N–H and O–H groups in total. The lowest BCUT2D eigenvalue weighted by Gasteiger charge is -2.31. The summed E-state index contributed by atoms with van der Waals surface area (Å²) in [5, 5.41) is 2.42. The Balaban J connectivity index is 2.54. The fourth-order valence-electron chi connectivity index (χ4n) is 3.10. The number of nitrogens with zero attached hydrogens (tertiary/aromatic N) is 1. The van der Waals surface area contributed by atoms with Gasteiger partial charge in [0.25, 0.3) is 0 Å². The van der Waals surface area contributed by atoms with Gasteiger partial charge in [0.05, 0.1) is 5.41 Å². The Hall–Kier alpha value is -1.67. The number of aldehydes is 1. The third-order valence-electron chi connectivity index (χ3n) is 4.25. The summed E-state index contributed by atoms with van der Waals surface area (Å²) in [5.41, 5.74) is 0.805. The second-order valence-corrected chi connectivity index (χ2v) is 6.10. The fraction of sp³-hybridized carbons (Fsp3) is 0.421. The van der Waals surface area contributed by atoms with E-state index in [9.17, 15) is 4.79 Å². The lowest BCUT2D eigenvalue weighted by molar-refractivity contribution is -0.113. The van der Waals surface area contributed by atoms with Gasteiger partial charge in [0, 0.05) is 0 Å². The Morgan fingerprint density at radius 3 is 2.43 bits per heavy atom. The van der Waals surface area contributed by atoms with Crippen LogP contribution in [0.15, 0.2) is 42.5 Å². The van der Waals surface area contributed by atoms with E-state index in [0.29, 0.717) is 0 Å². The molecule has 0 fully saturated rings. The Labute approximate surface area is 127 Å². The molecule has 0 aliphatic heterocycles. The molecule has 2 rings (SSSR count). The number of hydrogen-bond donors (Lipinski definition) is 0. The van der Waals surface area contributed by atoms with Gasteiger partial charge in [-0.3, -0.25) is 0 Å². The fourth-order valence-corrected chi connectivity index (χ4v) is 3.10. The molecule has 0 unspecified atom stereocenters. The van der Waals surface area contributed by atoms with Gasteiger partial charge < -0.3 is 9.69 Å². The first-order chi connectivity index (χ1) is 10.1. The van der Waals surface area contributed by atoms with Gasteiger partial charge in [0.2, 0.25) is 0 Å². The molecule has 2 nitrogen and oxygen atoms in total. The van der Waals surface area contributed by atoms with Crippen molar-refractivity contribution in [3.05, 3.63) is 48.0 Å². The molecule has 2 aromatic carbocycles. The van der Waals surface area contributed by atoms with Crippen molar-refractivity contribution in [1.29, 1.82) is 0 Å². The SMILES string of the molecule is CCC[C@](C=O)(CCN(C)C)c1cccc2ccccc12. The van der Waals surface area contributed by atoms with Crippen LogP contribution in [0.25, 0.3) is 10.8 Å². The molecule has 0 saturated carbocycles. The average molecular weight is 283 g/mol. The van der Waals surface area contributed by atoms with Gasteiger partial charge in [0.15, 0.2) is 0 Å². The van der Waals surface area contributed by atoms with Crippen molar-refractivity contribution in [2.45, 2.75) is 31.6 Å². The highest BCUT2D eigenvalue weighted by Gasteiger charge is 2.32. The molecule has 0 heterocycles. The molecule has 0 bridgehead atoms. The molecule has 0 aliphatic carbocycles. The molecular weight excluding hydrogens is 258 g/mol. The zero-order valence-electron chi connectivity index (χ0n) is 13.3. The van der Waals surface area contributed by atoms with E-state index in [-0.39, 0.29) is 5.41 Å². The van der Waals surface area contributed by atoms with Gasteiger partial charge in [-0.2, -0.15) is 0 Å². The summed E-state index contributed by atoms with van der Waals surface area (Å²) in [6.07, 6.45) is 3.96. The molecule has 0 aliphatic rings. The van der Waals surface area contributed by atoms with E-state index in [2.05, 4.69) is 62.3 Å². The van der Waals surface area contributed by atoms with Crippen molar-refractivity contribution in [3.8, 4) is 0 Å². The summed E-state index contributed by atoms with van der Waals surface area (Å²) in [5.74, 6) is 0. The van der Waals surface area contributed by atoms with Crippen LogP contribution >= 0.6 is 0 Å². The Kier molecular flexibility index (Phi) is 5.13. The van der Waals surface area contributed by atoms with E-state index >= 15 is 0 Å². The summed E-state index contributed by atoms with van der Waals surface area (Å²) in [6.45, 7) is 3.07. The summed E-state index contributed by atoms with van der Waals surface area (Å²) in [7, 11) is 4.12. The highest BCUT2D eigenvalue weighted by atomic mass is 16.1. The topological polar surface area (TPSA) is 20.3 Å². The van der Waals surface area contributed by atoms with E-state index in [1.54, 1.807) is 0 Å². The van der Waals surface area contributed by atoms with Crippen LogP contribution in [0.5, 0.6) is 0 Å². The molecule has 0 amide bonds. The Morgan fingerprint density at radius 2 is 1.76 bits per heavy atom. The average Bonchev–Trinajstić information content (AvgIpc) is 2.51. The van der Waals surface area contributed by atoms with Crippen LogP contribution in [0.1, 0.15) is 31.7 Å². The van der Waals surface area contributed by atoms with E-state index in [1.165, 1.54) is 22.6 Å². The molecular formula is C19H25NO. The lowest BCUT2D eigenvalue weighted by atomic mass is 9.73. The first-order valence-corrected chi connectivity index (χ1v) is 7.72. The minimum Gasteiger partial charge on any atom is -0.309 e. The lowest BCUT2D eigenvalue weighted by Crippen LogP contribution is -2.32. The van der Waals surface area contributed by atoms with Gasteiger partial charge in [0.1, 0.15) is 6.29 Å². The van der Waals surface area contributed by atoms with Crippen molar-refractivity contribution in [2.24, 2.45) is 0 Å². The molecule has 2 aromatic rings. The normalized spacial score (nSPS) is 14.3. The van der Waals surface area contributed by atoms with E-state index in [0.717, 1.165) is 25.8 Å². The molecule has 2 heteroatoms. The Bertz CT molecular complexity index is 600. The quantitative estimate of drug-likeness (QED) is 0.715. The van der Waals surface area contributed by atoms with Crippen molar-refractivity contribution in [3.63, 3.8) is 0 Å². The van der Waals surface area contributed by atoms with E-state index in [1.807, 2.05) is 6.07 Å². The maximum absolute atomic E-state index is 12.1. The van der Waals surface area contributed by atoms with Crippen molar-refractivity contribution in [1.82, 2.24) is 4.90 Å². The first-order valence-electron chi connectivity index (χ1n) is 7.72. The van der Waals surface area contributed by atoms with Crippen LogP contribution < -0.4 is 0 Å². The standard InChI is InChI=1S/C19H25NO/c1-4-12-19(15-21,13-14-20(2)3)18-11-7-9-16-8-5-6-10-17(16)18/h5-11,15H,4,12-14H2,1-3H3/t19-/m1/s1. The number of carbonyl (C=O) groups is 1. The second kappa shape index (κ2) is 6.86. The highest BCUT2D eigenvalue weighted by molar-refractivity contribution is 5.90. The summed E-state index contributed by atoms with van der Waals surface area (Å²) in [6, 6.07) is 14.7. The molecule has 0 saturated heterocycles. The van der Waals surface area contributed by atoms with Gasteiger partial charge in [-0.25, -0.2) is 0 Å². The maximum Gasteiger partial charge on any atom is 0.130 e. The summed E-state index contributed by atoms with van der Waals surface area (Å²) in [4.78, 5) is 14.2. The largest absolute Gasteiger partial charge is 0.309 e. The van der Waals surface area contributed by atoms with Crippen molar-refractivity contribution in [2.75, 3.05) is 20.6 Å². The Morgan fingerprint density at radius 1 is 1.05 bits per heavy atom. The van der Waals surface area contributed by atoms with Gasteiger partial charge >= 0.3 is 0 Å². The number of benzene rings is 2. The monoisotopic (exact) mass is 283 g/mol.